The lowest BCUT2D eigenvalue weighted by Gasteiger charge is -2.42. The van der Waals surface area contributed by atoms with Crippen molar-refractivity contribution in [2.45, 2.75) is 70.0 Å². The van der Waals surface area contributed by atoms with Gasteiger partial charge in [0.2, 0.25) is 0 Å². The van der Waals surface area contributed by atoms with Crippen LogP contribution in [0.15, 0.2) is 24.3 Å². The molecule has 1 atom stereocenters. The summed E-state index contributed by atoms with van der Waals surface area (Å²) in [5.74, 6) is 0. The van der Waals surface area contributed by atoms with Gasteiger partial charge in [-0.1, -0.05) is 31.2 Å². The molecule has 2 aliphatic carbocycles. The molecule has 1 fully saturated rings. The zero-order valence-corrected chi connectivity index (χ0v) is 12.7. The Morgan fingerprint density at radius 3 is 2.60 bits per heavy atom. The quantitative estimate of drug-likeness (QED) is 0.910. The number of hydrogen-bond acceptors (Lipinski definition) is 2. The molecule has 3 rings (SSSR count). The van der Waals surface area contributed by atoms with E-state index in [1.807, 2.05) is 0 Å². The molecular weight excluding hydrogens is 244 g/mol. The first-order valence-electron chi connectivity index (χ1n) is 8.38. The Morgan fingerprint density at radius 2 is 1.85 bits per heavy atom. The molecule has 1 aromatic rings. The smallest absolute Gasteiger partial charge is 0.0353 e. The summed E-state index contributed by atoms with van der Waals surface area (Å²) in [6, 6.07) is 10.9. The van der Waals surface area contributed by atoms with Crippen LogP contribution in [-0.2, 0) is 6.42 Å². The van der Waals surface area contributed by atoms with E-state index in [-0.39, 0.29) is 0 Å². The molecule has 20 heavy (non-hydrogen) atoms. The van der Waals surface area contributed by atoms with Gasteiger partial charge >= 0.3 is 0 Å². The Hall–Kier alpha value is -0.860. The molecule has 0 aliphatic heterocycles. The number of rotatable bonds is 3. The van der Waals surface area contributed by atoms with Crippen molar-refractivity contribution in [3.05, 3.63) is 35.4 Å². The van der Waals surface area contributed by atoms with Gasteiger partial charge in [-0.15, -0.1) is 0 Å². The van der Waals surface area contributed by atoms with Crippen LogP contribution in [0.25, 0.3) is 0 Å². The lowest BCUT2D eigenvalue weighted by molar-refractivity contribution is 0.0952. The van der Waals surface area contributed by atoms with Gasteiger partial charge in [-0.25, -0.2) is 0 Å². The summed E-state index contributed by atoms with van der Waals surface area (Å²) >= 11 is 0. The third kappa shape index (κ3) is 2.77. The van der Waals surface area contributed by atoms with Crippen LogP contribution >= 0.6 is 0 Å². The highest BCUT2D eigenvalue weighted by Crippen LogP contribution is 2.37. The molecule has 2 nitrogen and oxygen atoms in total. The standard InChI is InChI=1S/C18H28N2/c1-2-20(16-12-10-15(19)11-13-16)18-9-5-7-14-6-3-4-8-17(14)18/h3-4,6,8,15-16,18H,2,5,7,9-13,19H2,1H3. The molecule has 2 heteroatoms. The minimum absolute atomic E-state index is 0.448. The summed E-state index contributed by atoms with van der Waals surface area (Å²) < 4.78 is 0. The normalized spacial score (nSPS) is 30.2. The molecule has 0 amide bonds. The average Bonchev–Trinajstić information content (AvgIpc) is 2.50. The van der Waals surface area contributed by atoms with Crippen LogP contribution in [0.5, 0.6) is 0 Å². The van der Waals surface area contributed by atoms with Crippen molar-refractivity contribution < 1.29 is 0 Å². The first-order chi connectivity index (χ1) is 9.79. The predicted molar refractivity (Wildman–Crippen MR) is 84.7 cm³/mol. The van der Waals surface area contributed by atoms with Gasteiger partial charge in [-0.05, 0) is 62.6 Å². The summed E-state index contributed by atoms with van der Waals surface area (Å²) in [5.41, 5.74) is 9.25. The van der Waals surface area contributed by atoms with Gasteiger partial charge in [0.1, 0.15) is 0 Å². The third-order valence-corrected chi connectivity index (χ3v) is 5.31. The van der Waals surface area contributed by atoms with Crippen LogP contribution in [0.1, 0.15) is 62.6 Å². The van der Waals surface area contributed by atoms with E-state index in [0.717, 1.165) is 6.04 Å². The van der Waals surface area contributed by atoms with Gasteiger partial charge in [0.05, 0.1) is 0 Å². The maximum atomic E-state index is 6.08. The van der Waals surface area contributed by atoms with Crippen LogP contribution < -0.4 is 5.73 Å². The van der Waals surface area contributed by atoms with Gasteiger partial charge in [0.25, 0.3) is 0 Å². The molecule has 110 valence electrons. The van der Waals surface area contributed by atoms with Crippen LogP contribution in [0.4, 0.5) is 0 Å². The van der Waals surface area contributed by atoms with Crippen molar-refractivity contribution in [3.63, 3.8) is 0 Å². The minimum atomic E-state index is 0.448. The lowest BCUT2D eigenvalue weighted by atomic mass is 9.83. The molecule has 0 heterocycles. The molecule has 1 saturated carbocycles. The van der Waals surface area contributed by atoms with Crippen molar-refractivity contribution in [2.24, 2.45) is 5.73 Å². The molecule has 0 radical (unpaired) electrons. The van der Waals surface area contributed by atoms with Crippen molar-refractivity contribution >= 4 is 0 Å². The van der Waals surface area contributed by atoms with E-state index in [0.29, 0.717) is 12.1 Å². The zero-order valence-electron chi connectivity index (χ0n) is 12.7. The molecule has 2 aliphatic rings. The first kappa shape index (κ1) is 14.1. The fourth-order valence-electron chi connectivity index (χ4n) is 4.24. The Bertz CT molecular complexity index is 435. The molecule has 2 N–H and O–H groups in total. The van der Waals surface area contributed by atoms with E-state index in [1.54, 1.807) is 11.1 Å². The fourth-order valence-corrected chi connectivity index (χ4v) is 4.24. The second-order valence-electron chi connectivity index (χ2n) is 6.51. The van der Waals surface area contributed by atoms with E-state index < -0.39 is 0 Å². The van der Waals surface area contributed by atoms with E-state index in [9.17, 15) is 0 Å². The van der Waals surface area contributed by atoms with E-state index in [2.05, 4.69) is 36.1 Å². The van der Waals surface area contributed by atoms with Crippen molar-refractivity contribution in [3.8, 4) is 0 Å². The van der Waals surface area contributed by atoms with Crippen LogP contribution in [0.3, 0.4) is 0 Å². The highest BCUT2D eigenvalue weighted by atomic mass is 15.2. The summed E-state index contributed by atoms with van der Waals surface area (Å²) in [7, 11) is 0. The fraction of sp³-hybridized carbons (Fsp3) is 0.667. The highest BCUT2D eigenvalue weighted by molar-refractivity contribution is 5.32. The number of benzene rings is 1. The molecule has 0 saturated heterocycles. The number of fused-ring (bicyclic) bond motifs is 1. The molecule has 1 aromatic carbocycles. The largest absolute Gasteiger partial charge is 0.328 e. The molecule has 0 bridgehead atoms. The second kappa shape index (κ2) is 6.28. The molecule has 1 unspecified atom stereocenters. The predicted octanol–water partition coefficient (Wildman–Crippen LogP) is 3.66. The van der Waals surface area contributed by atoms with Crippen molar-refractivity contribution in [1.29, 1.82) is 0 Å². The zero-order chi connectivity index (χ0) is 13.9. The Balaban J connectivity index is 1.80. The topological polar surface area (TPSA) is 29.3 Å². The summed E-state index contributed by atoms with van der Waals surface area (Å²) in [4.78, 5) is 2.77. The van der Waals surface area contributed by atoms with E-state index in [4.69, 9.17) is 5.73 Å². The van der Waals surface area contributed by atoms with Crippen LogP contribution in [0.2, 0.25) is 0 Å². The number of nitrogens with two attached hydrogens (primary N) is 1. The average molecular weight is 272 g/mol. The molecule has 0 aromatic heterocycles. The minimum Gasteiger partial charge on any atom is -0.328 e. The van der Waals surface area contributed by atoms with E-state index >= 15 is 0 Å². The summed E-state index contributed by atoms with van der Waals surface area (Å²) in [6.07, 6.45) is 8.91. The van der Waals surface area contributed by atoms with Crippen LogP contribution in [-0.4, -0.2) is 23.5 Å². The molecular formula is C18H28N2. The Morgan fingerprint density at radius 1 is 1.10 bits per heavy atom. The van der Waals surface area contributed by atoms with Crippen molar-refractivity contribution in [1.82, 2.24) is 4.90 Å². The number of hydrogen-bond donors (Lipinski definition) is 1. The van der Waals surface area contributed by atoms with Crippen molar-refractivity contribution in [2.75, 3.05) is 6.54 Å². The second-order valence-corrected chi connectivity index (χ2v) is 6.51. The number of aryl methyl sites for hydroxylation is 1. The summed E-state index contributed by atoms with van der Waals surface area (Å²) in [6.45, 7) is 3.49. The van der Waals surface area contributed by atoms with Gasteiger partial charge in [-0.2, -0.15) is 0 Å². The SMILES string of the molecule is CCN(C1CCC(N)CC1)C1CCCc2ccccc21. The monoisotopic (exact) mass is 272 g/mol. The summed E-state index contributed by atoms with van der Waals surface area (Å²) in [5, 5.41) is 0. The Kier molecular flexibility index (Phi) is 4.42. The lowest BCUT2D eigenvalue weighted by Crippen LogP contribution is -2.43. The van der Waals surface area contributed by atoms with Gasteiger partial charge in [0, 0.05) is 18.1 Å². The maximum Gasteiger partial charge on any atom is 0.0353 e. The van der Waals surface area contributed by atoms with E-state index in [1.165, 1.54) is 51.5 Å². The van der Waals surface area contributed by atoms with Crippen LogP contribution in [0, 0.1) is 0 Å². The maximum absolute atomic E-state index is 6.08. The highest BCUT2D eigenvalue weighted by Gasteiger charge is 2.31. The molecule has 0 spiro atoms. The third-order valence-electron chi connectivity index (χ3n) is 5.31. The first-order valence-corrected chi connectivity index (χ1v) is 8.38. The van der Waals surface area contributed by atoms with Gasteiger partial charge < -0.3 is 5.73 Å². The Labute approximate surface area is 123 Å². The van der Waals surface area contributed by atoms with Gasteiger partial charge in [0.15, 0.2) is 0 Å². The van der Waals surface area contributed by atoms with Gasteiger partial charge in [-0.3, -0.25) is 4.90 Å². The number of nitrogens with zero attached hydrogens (tertiary/aromatic N) is 1.